The van der Waals surface area contributed by atoms with Crippen LogP contribution in [0, 0.1) is 11.7 Å². The zero-order valence-corrected chi connectivity index (χ0v) is 15.8. The van der Waals surface area contributed by atoms with Gasteiger partial charge in [-0.05, 0) is 29.8 Å². The summed E-state index contributed by atoms with van der Waals surface area (Å²) in [5.41, 5.74) is 1.18. The van der Waals surface area contributed by atoms with Crippen LogP contribution < -0.4 is 9.64 Å². The Morgan fingerprint density at radius 2 is 2.00 bits per heavy atom. The summed E-state index contributed by atoms with van der Waals surface area (Å²) in [5.74, 6) is -0.567. The van der Waals surface area contributed by atoms with Gasteiger partial charge in [-0.3, -0.25) is 9.59 Å². The zero-order chi connectivity index (χ0) is 20.1. The molecule has 1 saturated heterocycles. The molecule has 1 unspecified atom stereocenters. The summed E-state index contributed by atoms with van der Waals surface area (Å²) in [4.78, 5) is 28.1. The van der Waals surface area contributed by atoms with Gasteiger partial charge in [-0.15, -0.1) is 0 Å². The van der Waals surface area contributed by atoms with Gasteiger partial charge in [-0.25, -0.2) is 4.39 Å². The predicted octanol–water partition coefficient (Wildman–Crippen LogP) is 3.40. The number of halogens is 1. The Morgan fingerprint density at radius 3 is 2.68 bits per heavy atom. The molecule has 1 aliphatic heterocycles. The van der Waals surface area contributed by atoms with E-state index in [1.807, 2.05) is 24.3 Å². The number of nitrogens with zero attached hydrogens (tertiary/aromatic N) is 2. The maximum Gasteiger partial charge on any atom is 0.228 e. The van der Waals surface area contributed by atoms with Gasteiger partial charge in [0.2, 0.25) is 11.8 Å². The molecule has 3 rings (SSSR count). The second-order valence-electron chi connectivity index (χ2n) is 6.79. The van der Waals surface area contributed by atoms with E-state index in [2.05, 4.69) is 6.58 Å². The minimum absolute atomic E-state index is 0.0891. The van der Waals surface area contributed by atoms with Crippen LogP contribution in [0.25, 0.3) is 0 Å². The summed E-state index contributed by atoms with van der Waals surface area (Å²) in [6.07, 6.45) is 1.76. The highest BCUT2D eigenvalue weighted by Gasteiger charge is 2.37. The van der Waals surface area contributed by atoms with Crippen molar-refractivity contribution in [1.29, 1.82) is 0 Å². The molecule has 2 aromatic rings. The van der Waals surface area contributed by atoms with E-state index in [1.165, 1.54) is 11.0 Å². The van der Waals surface area contributed by atoms with Crippen molar-refractivity contribution < 1.29 is 18.7 Å². The molecule has 2 aromatic carbocycles. The number of hydrogen-bond donors (Lipinski definition) is 0. The first-order chi connectivity index (χ1) is 13.5. The van der Waals surface area contributed by atoms with Gasteiger partial charge in [0.05, 0.1) is 11.6 Å². The second kappa shape index (κ2) is 8.69. The molecule has 146 valence electrons. The van der Waals surface area contributed by atoms with Crippen LogP contribution in [0.5, 0.6) is 5.75 Å². The molecule has 0 bridgehead atoms. The molecule has 1 aliphatic rings. The molecule has 1 heterocycles. The van der Waals surface area contributed by atoms with Gasteiger partial charge in [-0.1, -0.05) is 36.9 Å². The van der Waals surface area contributed by atoms with Crippen molar-refractivity contribution in [2.75, 3.05) is 25.1 Å². The van der Waals surface area contributed by atoms with Crippen LogP contribution >= 0.6 is 0 Å². The SMILES string of the molecule is C=CCOc1ccc(CN(C)C(=O)C2CC(=O)N(c3ccccc3F)C2)cc1. The van der Waals surface area contributed by atoms with Gasteiger partial charge in [0.1, 0.15) is 18.2 Å². The van der Waals surface area contributed by atoms with E-state index in [1.54, 1.807) is 36.2 Å². The van der Waals surface area contributed by atoms with Gasteiger partial charge in [-0.2, -0.15) is 0 Å². The van der Waals surface area contributed by atoms with Crippen LogP contribution in [-0.4, -0.2) is 36.9 Å². The molecule has 2 amide bonds. The Kier molecular flexibility index (Phi) is 6.09. The first-order valence-electron chi connectivity index (χ1n) is 9.12. The number of amides is 2. The van der Waals surface area contributed by atoms with E-state index < -0.39 is 11.7 Å². The van der Waals surface area contributed by atoms with Gasteiger partial charge < -0.3 is 14.5 Å². The largest absolute Gasteiger partial charge is 0.490 e. The average molecular weight is 382 g/mol. The first kappa shape index (κ1) is 19.6. The quantitative estimate of drug-likeness (QED) is 0.690. The molecule has 0 N–H and O–H groups in total. The molecular formula is C22H23FN2O3. The minimum atomic E-state index is -0.479. The Morgan fingerprint density at radius 1 is 1.29 bits per heavy atom. The topological polar surface area (TPSA) is 49.9 Å². The monoisotopic (exact) mass is 382 g/mol. The van der Waals surface area contributed by atoms with Crippen LogP contribution in [0.1, 0.15) is 12.0 Å². The van der Waals surface area contributed by atoms with Crippen LogP contribution in [0.4, 0.5) is 10.1 Å². The van der Waals surface area contributed by atoms with E-state index in [9.17, 15) is 14.0 Å². The summed E-state index contributed by atoms with van der Waals surface area (Å²) < 4.78 is 19.4. The summed E-state index contributed by atoms with van der Waals surface area (Å²) in [7, 11) is 1.71. The van der Waals surface area contributed by atoms with Crippen molar-refractivity contribution in [2.24, 2.45) is 5.92 Å². The molecule has 0 aliphatic carbocycles. The number of para-hydroxylation sites is 1. The Balaban J connectivity index is 1.61. The third kappa shape index (κ3) is 4.39. The number of ether oxygens (including phenoxy) is 1. The van der Waals surface area contributed by atoms with Crippen LogP contribution in [0.3, 0.4) is 0 Å². The molecule has 0 spiro atoms. The van der Waals surface area contributed by atoms with Crippen LogP contribution in [-0.2, 0) is 16.1 Å². The number of benzene rings is 2. The Labute approximate surface area is 164 Å². The third-order valence-electron chi connectivity index (χ3n) is 4.70. The first-order valence-corrected chi connectivity index (χ1v) is 9.12. The lowest BCUT2D eigenvalue weighted by Crippen LogP contribution is -2.34. The minimum Gasteiger partial charge on any atom is -0.490 e. The lowest BCUT2D eigenvalue weighted by atomic mass is 10.1. The van der Waals surface area contributed by atoms with E-state index in [-0.39, 0.29) is 30.5 Å². The van der Waals surface area contributed by atoms with Gasteiger partial charge >= 0.3 is 0 Å². The van der Waals surface area contributed by atoms with E-state index >= 15 is 0 Å². The van der Waals surface area contributed by atoms with Crippen LogP contribution in [0.2, 0.25) is 0 Å². The lowest BCUT2D eigenvalue weighted by molar-refractivity contribution is -0.135. The van der Waals surface area contributed by atoms with Crippen molar-refractivity contribution in [1.82, 2.24) is 4.90 Å². The predicted molar refractivity (Wildman–Crippen MR) is 105 cm³/mol. The summed E-state index contributed by atoms with van der Waals surface area (Å²) >= 11 is 0. The summed E-state index contributed by atoms with van der Waals surface area (Å²) in [5, 5.41) is 0. The smallest absolute Gasteiger partial charge is 0.228 e. The summed E-state index contributed by atoms with van der Waals surface area (Å²) in [6, 6.07) is 13.6. The highest BCUT2D eigenvalue weighted by Crippen LogP contribution is 2.28. The molecule has 1 atom stereocenters. The van der Waals surface area contributed by atoms with E-state index in [0.717, 1.165) is 11.3 Å². The van der Waals surface area contributed by atoms with Crippen molar-refractivity contribution in [2.45, 2.75) is 13.0 Å². The van der Waals surface area contributed by atoms with Crippen molar-refractivity contribution in [3.63, 3.8) is 0 Å². The zero-order valence-electron chi connectivity index (χ0n) is 15.8. The van der Waals surface area contributed by atoms with Crippen molar-refractivity contribution in [3.05, 3.63) is 72.6 Å². The van der Waals surface area contributed by atoms with Crippen LogP contribution in [0.15, 0.2) is 61.2 Å². The number of rotatable bonds is 7. The maximum atomic E-state index is 14.0. The van der Waals surface area contributed by atoms with Gasteiger partial charge in [0, 0.05) is 26.6 Å². The molecule has 28 heavy (non-hydrogen) atoms. The summed E-state index contributed by atoms with van der Waals surface area (Å²) in [6.45, 7) is 4.66. The van der Waals surface area contributed by atoms with Crippen molar-refractivity contribution >= 4 is 17.5 Å². The molecule has 0 radical (unpaired) electrons. The maximum absolute atomic E-state index is 14.0. The fourth-order valence-electron chi connectivity index (χ4n) is 3.29. The molecule has 1 fully saturated rings. The van der Waals surface area contributed by atoms with Gasteiger partial charge in [0.15, 0.2) is 0 Å². The molecule has 5 nitrogen and oxygen atoms in total. The third-order valence-corrected chi connectivity index (χ3v) is 4.70. The second-order valence-corrected chi connectivity index (χ2v) is 6.79. The molecule has 6 heteroatoms. The standard InChI is InChI=1S/C22H23FN2O3/c1-3-12-28-18-10-8-16(9-11-18)14-24(2)22(27)17-13-21(26)25(15-17)20-7-5-4-6-19(20)23/h3-11,17H,1,12-15H2,2H3. The number of hydrogen-bond acceptors (Lipinski definition) is 3. The highest BCUT2D eigenvalue weighted by atomic mass is 19.1. The Bertz CT molecular complexity index is 866. The number of anilines is 1. The van der Waals surface area contributed by atoms with E-state index in [4.69, 9.17) is 4.74 Å². The van der Waals surface area contributed by atoms with Crippen molar-refractivity contribution in [3.8, 4) is 5.75 Å². The highest BCUT2D eigenvalue weighted by molar-refractivity contribution is 6.00. The normalized spacial score (nSPS) is 16.1. The number of carbonyl (C=O) groups is 2. The molecular weight excluding hydrogens is 359 g/mol. The Hall–Kier alpha value is -3.15. The lowest BCUT2D eigenvalue weighted by Gasteiger charge is -2.22. The number of carbonyl (C=O) groups excluding carboxylic acids is 2. The van der Waals surface area contributed by atoms with Gasteiger partial charge in [0.25, 0.3) is 0 Å². The molecule has 0 aromatic heterocycles. The van der Waals surface area contributed by atoms with E-state index in [0.29, 0.717) is 13.2 Å². The fourth-order valence-corrected chi connectivity index (χ4v) is 3.29. The fraction of sp³-hybridized carbons (Fsp3) is 0.273. The molecule has 0 saturated carbocycles. The average Bonchev–Trinajstić information content (AvgIpc) is 3.08.